The third kappa shape index (κ3) is 6.52. The Hall–Kier alpha value is -1.95. The molecule has 3 N–H and O–H groups in total. The average molecular weight is 266 g/mol. The van der Waals surface area contributed by atoms with Gasteiger partial charge in [-0.25, -0.2) is 0 Å². The zero-order chi connectivity index (χ0) is 14.3. The van der Waals surface area contributed by atoms with Gasteiger partial charge in [0.05, 0.1) is 12.0 Å². The van der Waals surface area contributed by atoms with Gasteiger partial charge < -0.3 is 15.5 Å². The molecular formula is C13H18N2O4. The van der Waals surface area contributed by atoms with Crippen LogP contribution in [-0.2, 0) is 16.0 Å². The van der Waals surface area contributed by atoms with Crippen LogP contribution >= 0.6 is 0 Å². The average Bonchev–Trinajstić information content (AvgIpc) is 2.34. The quantitative estimate of drug-likeness (QED) is 0.661. The monoisotopic (exact) mass is 266 g/mol. The summed E-state index contributed by atoms with van der Waals surface area (Å²) in [5.41, 5.74) is -0.481. The van der Waals surface area contributed by atoms with Crippen molar-refractivity contribution in [1.29, 1.82) is 0 Å². The Bertz CT molecular complexity index is 432. The van der Waals surface area contributed by atoms with E-state index in [1.165, 1.54) is 6.92 Å². The number of aliphatic hydroxyl groups is 1. The minimum atomic E-state index is -1.43. The molecule has 0 aliphatic heterocycles. The number of nitrogens with zero attached hydrogens (tertiary/aromatic N) is 1. The molecule has 104 valence electrons. The molecule has 1 aromatic rings. The molecule has 0 radical (unpaired) electrons. The van der Waals surface area contributed by atoms with Crippen LogP contribution in [0.5, 0.6) is 0 Å². The molecular weight excluding hydrogens is 248 g/mol. The van der Waals surface area contributed by atoms with E-state index in [4.69, 9.17) is 5.11 Å². The van der Waals surface area contributed by atoms with Gasteiger partial charge in [0.15, 0.2) is 0 Å². The Balaban J connectivity index is 2.30. The van der Waals surface area contributed by atoms with Crippen molar-refractivity contribution >= 4 is 11.9 Å². The maximum Gasteiger partial charge on any atom is 0.306 e. The van der Waals surface area contributed by atoms with Crippen LogP contribution in [0.1, 0.15) is 25.3 Å². The van der Waals surface area contributed by atoms with Crippen molar-refractivity contribution < 1.29 is 19.8 Å². The highest BCUT2D eigenvalue weighted by Gasteiger charge is 2.24. The Kier molecular flexibility index (Phi) is 5.44. The molecule has 0 aliphatic carbocycles. The summed E-state index contributed by atoms with van der Waals surface area (Å²) >= 11 is 0. The van der Waals surface area contributed by atoms with Crippen molar-refractivity contribution in [2.75, 3.05) is 6.54 Å². The number of aromatic nitrogens is 1. The first kappa shape index (κ1) is 15.1. The molecule has 0 spiro atoms. The maximum atomic E-state index is 11.6. The highest BCUT2D eigenvalue weighted by Crippen LogP contribution is 2.07. The molecule has 1 atom stereocenters. The summed E-state index contributed by atoms with van der Waals surface area (Å²) in [7, 11) is 0. The van der Waals surface area contributed by atoms with Crippen LogP contribution in [-0.4, -0.2) is 39.2 Å². The third-order valence-electron chi connectivity index (χ3n) is 2.56. The lowest BCUT2D eigenvalue weighted by Gasteiger charge is -2.21. The van der Waals surface area contributed by atoms with E-state index < -0.39 is 18.0 Å². The summed E-state index contributed by atoms with van der Waals surface area (Å²) in [5, 5.41) is 20.8. The fourth-order valence-electron chi connectivity index (χ4n) is 1.57. The van der Waals surface area contributed by atoms with Gasteiger partial charge in [0, 0.05) is 25.4 Å². The van der Waals surface area contributed by atoms with E-state index in [2.05, 4.69) is 10.3 Å². The Labute approximate surface area is 111 Å². The smallest absolute Gasteiger partial charge is 0.306 e. The molecule has 6 heteroatoms. The van der Waals surface area contributed by atoms with Crippen molar-refractivity contribution in [3.05, 3.63) is 30.1 Å². The van der Waals surface area contributed by atoms with Crippen LogP contribution in [0, 0.1) is 0 Å². The van der Waals surface area contributed by atoms with Gasteiger partial charge >= 0.3 is 5.97 Å². The minimum absolute atomic E-state index is 0.0782. The third-order valence-corrected chi connectivity index (χ3v) is 2.56. The lowest BCUT2D eigenvalue weighted by Crippen LogP contribution is -2.42. The fourth-order valence-corrected chi connectivity index (χ4v) is 1.57. The topological polar surface area (TPSA) is 99.5 Å². The predicted molar refractivity (Wildman–Crippen MR) is 68.4 cm³/mol. The molecule has 1 aromatic heterocycles. The number of carboxylic acids is 1. The summed E-state index contributed by atoms with van der Waals surface area (Å²) in [5.74, 6) is -1.33. The first-order chi connectivity index (χ1) is 8.89. The number of aliphatic carboxylic acids is 1. The maximum absolute atomic E-state index is 11.6. The van der Waals surface area contributed by atoms with E-state index in [1.54, 1.807) is 18.5 Å². The molecule has 1 amide bonds. The largest absolute Gasteiger partial charge is 0.481 e. The van der Waals surface area contributed by atoms with Gasteiger partial charge in [0.1, 0.15) is 0 Å². The first-order valence-corrected chi connectivity index (χ1v) is 5.99. The van der Waals surface area contributed by atoms with Crippen LogP contribution in [0.15, 0.2) is 24.5 Å². The van der Waals surface area contributed by atoms with Gasteiger partial charge in [0.2, 0.25) is 5.91 Å². The number of nitrogens with one attached hydrogen (secondary N) is 1. The molecule has 1 heterocycles. The summed E-state index contributed by atoms with van der Waals surface area (Å²) in [6, 6.07) is 3.67. The zero-order valence-corrected chi connectivity index (χ0v) is 10.8. The summed E-state index contributed by atoms with van der Waals surface area (Å²) < 4.78 is 0. The van der Waals surface area contributed by atoms with Crippen molar-refractivity contribution in [2.24, 2.45) is 0 Å². The molecule has 19 heavy (non-hydrogen) atoms. The fraction of sp³-hybridized carbons (Fsp3) is 0.462. The van der Waals surface area contributed by atoms with Gasteiger partial charge in [0.25, 0.3) is 0 Å². The van der Waals surface area contributed by atoms with Crippen molar-refractivity contribution in [3.8, 4) is 0 Å². The number of carboxylic acid groups (broad SMARTS) is 1. The standard InChI is InChI=1S/C13H18N2O4/c1-13(19,7-12(17)18)9-15-11(16)5-4-10-3-2-6-14-8-10/h2-3,6,8,19H,4-5,7,9H2,1H3,(H,15,16)(H,17,18). The highest BCUT2D eigenvalue weighted by molar-refractivity contribution is 5.76. The van der Waals surface area contributed by atoms with Crippen molar-refractivity contribution in [1.82, 2.24) is 10.3 Å². The number of amides is 1. The lowest BCUT2D eigenvalue weighted by atomic mass is 10.0. The predicted octanol–water partition coefficient (Wildman–Crippen LogP) is 0.356. The number of rotatable bonds is 7. The van der Waals surface area contributed by atoms with Gasteiger partial charge in [-0.1, -0.05) is 6.07 Å². The van der Waals surface area contributed by atoms with Crippen LogP contribution in [0.25, 0.3) is 0 Å². The molecule has 0 aliphatic rings. The Morgan fingerprint density at radius 1 is 1.47 bits per heavy atom. The van der Waals surface area contributed by atoms with Crippen molar-refractivity contribution in [3.63, 3.8) is 0 Å². The number of hydrogen-bond donors (Lipinski definition) is 3. The van der Waals surface area contributed by atoms with E-state index in [0.29, 0.717) is 6.42 Å². The molecule has 0 saturated heterocycles. The first-order valence-electron chi connectivity index (χ1n) is 5.99. The zero-order valence-electron chi connectivity index (χ0n) is 10.8. The summed E-state index contributed by atoms with van der Waals surface area (Å²) in [6.07, 6.45) is 3.77. The molecule has 6 nitrogen and oxygen atoms in total. The van der Waals surface area contributed by atoms with Gasteiger partial charge in [-0.05, 0) is 25.0 Å². The minimum Gasteiger partial charge on any atom is -0.481 e. The number of hydrogen-bond acceptors (Lipinski definition) is 4. The normalized spacial score (nSPS) is 13.6. The number of carbonyl (C=O) groups is 2. The van der Waals surface area contributed by atoms with Crippen LogP contribution < -0.4 is 5.32 Å². The summed E-state index contributed by atoms with van der Waals surface area (Å²) in [4.78, 5) is 26.0. The van der Waals surface area contributed by atoms with E-state index in [0.717, 1.165) is 5.56 Å². The lowest BCUT2D eigenvalue weighted by molar-refractivity contribution is -0.142. The Morgan fingerprint density at radius 3 is 2.79 bits per heavy atom. The number of carbonyl (C=O) groups excluding carboxylic acids is 1. The van der Waals surface area contributed by atoms with Gasteiger partial charge in [-0.15, -0.1) is 0 Å². The van der Waals surface area contributed by atoms with Gasteiger partial charge in [-0.2, -0.15) is 0 Å². The molecule has 0 aromatic carbocycles. The molecule has 1 rings (SSSR count). The van der Waals surface area contributed by atoms with Crippen LogP contribution in [0.2, 0.25) is 0 Å². The second-order valence-corrected chi connectivity index (χ2v) is 4.71. The van der Waals surface area contributed by atoms with Crippen molar-refractivity contribution in [2.45, 2.75) is 31.8 Å². The van der Waals surface area contributed by atoms with Gasteiger partial charge in [-0.3, -0.25) is 14.6 Å². The summed E-state index contributed by atoms with van der Waals surface area (Å²) in [6.45, 7) is 1.30. The van der Waals surface area contributed by atoms with Crippen LogP contribution in [0.4, 0.5) is 0 Å². The molecule has 0 fully saturated rings. The van der Waals surface area contributed by atoms with E-state index in [-0.39, 0.29) is 18.9 Å². The number of pyridine rings is 1. The molecule has 1 unspecified atom stereocenters. The second-order valence-electron chi connectivity index (χ2n) is 4.71. The number of aryl methyl sites for hydroxylation is 1. The Morgan fingerprint density at radius 2 is 2.21 bits per heavy atom. The van der Waals surface area contributed by atoms with E-state index in [1.807, 2.05) is 6.07 Å². The van der Waals surface area contributed by atoms with Crippen LogP contribution in [0.3, 0.4) is 0 Å². The molecule has 0 bridgehead atoms. The van der Waals surface area contributed by atoms with E-state index >= 15 is 0 Å². The second kappa shape index (κ2) is 6.84. The van der Waals surface area contributed by atoms with E-state index in [9.17, 15) is 14.7 Å². The highest BCUT2D eigenvalue weighted by atomic mass is 16.4. The molecule has 0 saturated carbocycles. The SMILES string of the molecule is CC(O)(CNC(=O)CCc1cccnc1)CC(=O)O.